The predicted octanol–water partition coefficient (Wildman–Crippen LogP) is 4.52. The molecule has 0 aliphatic heterocycles. The Labute approximate surface area is 123 Å². The molecular formula is C15H9FN2O2S. The number of non-ortho nitro benzene ring substituents is 1. The van der Waals surface area contributed by atoms with E-state index in [2.05, 4.69) is 4.98 Å². The summed E-state index contributed by atoms with van der Waals surface area (Å²) in [5.74, 6) is -0.298. The molecule has 0 atom stereocenters. The van der Waals surface area contributed by atoms with Gasteiger partial charge in [-0.1, -0.05) is 12.1 Å². The van der Waals surface area contributed by atoms with Crippen molar-refractivity contribution in [3.8, 4) is 21.8 Å². The summed E-state index contributed by atoms with van der Waals surface area (Å²) in [6.45, 7) is 0. The van der Waals surface area contributed by atoms with Gasteiger partial charge in [0, 0.05) is 28.6 Å². The number of nitrogens with zero attached hydrogens (tertiary/aromatic N) is 2. The Hall–Kier alpha value is -2.60. The normalized spacial score (nSPS) is 10.5. The maximum atomic E-state index is 12.9. The van der Waals surface area contributed by atoms with Gasteiger partial charge in [0.25, 0.3) is 5.69 Å². The zero-order valence-electron chi connectivity index (χ0n) is 10.7. The van der Waals surface area contributed by atoms with Crippen molar-refractivity contribution in [1.29, 1.82) is 0 Å². The third-order valence-electron chi connectivity index (χ3n) is 2.95. The third-order valence-corrected chi connectivity index (χ3v) is 3.84. The summed E-state index contributed by atoms with van der Waals surface area (Å²) in [7, 11) is 0. The van der Waals surface area contributed by atoms with E-state index in [0.29, 0.717) is 10.6 Å². The lowest BCUT2D eigenvalue weighted by Gasteiger charge is -1.97. The van der Waals surface area contributed by atoms with Crippen LogP contribution in [0.5, 0.6) is 0 Å². The maximum Gasteiger partial charge on any atom is 0.270 e. The second-order valence-corrected chi connectivity index (χ2v) is 5.21. The molecule has 0 aliphatic rings. The number of nitro groups is 1. The van der Waals surface area contributed by atoms with Crippen LogP contribution >= 0.6 is 11.3 Å². The summed E-state index contributed by atoms with van der Waals surface area (Å²) in [5.41, 5.74) is 2.26. The van der Waals surface area contributed by atoms with Gasteiger partial charge in [0.2, 0.25) is 0 Å². The van der Waals surface area contributed by atoms with Crippen LogP contribution in [0.4, 0.5) is 10.1 Å². The summed E-state index contributed by atoms with van der Waals surface area (Å²) in [5, 5.41) is 13.3. The molecule has 0 radical (unpaired) electrons. The predicted molar refractivity (Wildman–Crippen MR) is 79.6 cm³/mol. The maximum absolute atomic E-state index is 12.9. The third kappa shape index (κ3) is 2.80. The van der Waals surface area contributed by atoms with E-state index in [4.69, 9.17) is 0 Å². The Balaban J connectivity index is 1.96. The molecule has 0 saturated carbocycles. The number of nitro benzene ring substituents is 1. The van der Waals surface area contributed by atoms with Gasteiger partial charge in [-0.25, -0.2) is 9.37 Å². The van der Waals surface area contributed by atoms with Crippen molar-refractivity contribution in [3.63, 3.8) is 0 Å². The smallest absolute Gasteiger partial charge is 0.258 e. The SMILES string of the molecule is O=[N+]([O-])c1cccc(-c2nc(-c3ccc(F)cc3)cs2)c1. The van der Waals surface area contributed by atoms with Crippen molar-refractivity contribution < 1.29 is 9.31 Å². The van der Waals surface area contributed by atoms with Crippen LogP contribution in [-0.2, 0) is 0 Å². The highest BCUT2D eigenvalue weighted by Crippen LogP contribution is 2.30. The van der Waals surface area contributed by atoms with Crippen LogP contribution in [0.25, 0.3) is 21.8 Å². The van der Waals surface area contributed by atoms with Crippen molar-refractivity contribution >= 4 is 17.0 Å². The fourth-order valence-electron chi connectivity index (χ4n) is 1.91. The number of benzene rings is 2. The van der Waals surface area contributed by atoms with Crippen LogP contribution in [0, 0.1) is 15.9 Å². The first-order valence-electron chi connectivity index (χ1n) is 6.10. The van der Waals surface area contributed by atoms with E-state index in [1.807, 2.05) is 5.38 Å². The molecule has 0 saturated heterocycles. The van der Waals surface area contributed by atoms with Crippen molar-refractivity contribution in [1.82, 2.24) is 4.98 Å². The van der Waals surface area contributed by atoms with Crippen LogP contribution in [0.15, 0.2) is 53.9 Å². The lowest BCUT2D eigenvalue weighted by Crippen LogP contribution is -1.88. The van der Waals surface area contributed by atoms with Crippen LogP contribution in [0.1, 0.15) is 0 Å². The van der Waals surface area contributed by atoms with Gasteiger partial charge >= 0.3 is 0 Å². The second kappa shape index (κ2) is 5.41. The van der Waals surface area contributed by atoms with Gasteiger partial charge in [0.1, 0.15) is 10.8 Å². The molecule has 0 bridgehead atoms. The van der Waals surface area contributed by atoms with E-state index in [1.165, 1.54) is 35.6 Å². The molecule has 1 heterocycles. The molecule has 0 amide bonds. The Morgan fingerprint density at radius 2 is 1.86 bits per heavy atom. The van der Waals surface area contributed by atoms with Crippen molar-refractivity contribution in [2.24, 2.45) is 0 Å². The molecule has 3 rings (SSSR count). The lowest BCUT2D eigenvalue weighted by molar-refractivity contribution is -0.384. The molecule has 0 fully saturated rings. The van der Waals surface area contributed by atoms with Gasteiger partial charge in [0.05, 0.1) is 10.6 Å². The molecule has 0 unspecified atom stereocenters. The molecule has 2 aromatic carbocycles. The van der Waals surface area contributed by atoms with Crippen molar-refractivity contribution in [2.45, 2.75) is 0 Å². The molecule has 4 nitrogen and oxygen atoms in total. The largest absolute Gasteiger partial charge is 0.270 e. The number of rotatable bonds is 3. The molecule has 0 spiro atoms. The van der Waals surface area contributed by atoms with Gasteiger partial charge in [-0.3, -0.25) is 10.1 Å². The molecule has 3 aromatic rings. The standard InChI is InChI=1S/C15H9FN2O2S/c16-12-6-4-10(5-7-12)14-9-21-15(17-14)11-2-1-3-13(8-11)18(19)20/h1-9H. The fraction of sp³-hybridized carbons (Fsp3) is 0. The second-order valence-electron chi connectivity index (χ2n) is 4.35. The average molecular weight is 300 g/mol. The highest BCUT2D eigenvalue weighted by molar-refractivity contribution is 7.13. The number of hydrogen-bond acceptors (Lipinski definition) is 4. The lowest BCUT2D eigenvalue weighted by atomic mass is 10.1. The molecule has 1 aromatic heterocycles. The van der Waals surface area contributed by atoms with E-state index in [1.54, 1.807) is 24.3 Å². The zero-order valence-corrected chi connectivity index (χ0v) is 11.5. The average Bonchev–Trinajstić information content (AvgIpc) is 2.98. The van der Waals surface area contributed by atoms with Crippen molar-refractivity contribution in [3.05, 3.63) is 69.8 Å². The molecule has 104 valence electrons. The summed E-state index contributed by atoms with van der Waals surface area (Å²) in [6, 6.07) is 12.4. The van der Waals surface area contributed by atoms with Gasteiger partial charge in [-0.15, -0.1) is 11.3 Å². The summed E-state index contributed by atoms with van der Waals surface area (Å²) < 4.78 is 12.9. The Morgan fingerprint density at radius 3 is 2.57 bits per heavy atom. The highest BCUT2D eigenvalue weighted by Gasteiger charge is 2.11. The Morgan fingerprint density at radius 1 is 1.10 bits per heavy atom. The Bertz CT molecular complexity index is 799. The number of aromatic nitrogens is 1. The van der Waals surface area contributed by atoms with Crippen LogP contribution in [0.2, 0.25) is 0 Å². The minimum atomic E-state index is -0.433. The number of hydrogen-bond donors (Lipinski definition) is 0. The van der Waals surface area contributed by atoms with Crippen molar-refractivity contribution in [2.75, 3.05) is 0 Å². The van der Waals surface area contributed by atoms with Crippen LogP contribution in [0.3, 0.4) is 0 Å². The van der Waals surface area contributed by atoms with Gasteiger partial charge < -0.3 is 0 Å². The summed E-state index contributed by atoms with van der Waals surface area (Å²) >= 11 is 1.39. The fourth-order valence-corrected chi connectivity index (χ4v) is 2.74. The summed E-state index contributed by atoms with van der Waals surface area (Å²) in [6.07, 6.45) is 0. The van der Waals surface area contributed by atoms with E-state index in [-0.39, 0.29) is 11.5 Å². The summed E-state index contributed by atoms with van der Waals surface area (Å²) in [4.78, 5) is 14.8. The van der Waals surface area contributed by atoms with E-state index < -0.39 is 4.92 Å². The van der Waals surface area contributed by atoms with Gasteiger partial charge in [0.15, 0.2) is 0 Å². The Kier molecular flexibility index (Phi) is 3.45. The number of halogens is 1. The highest BCUT2D eigenvalue weighted by atomic mass is 32.1. The first-order valence-corrected chi connectivity index (χ1v) is 6.98. The first-order chi connectivity index (χ1) is 10.1. The van der Waals surface area contributed by atoms with Crippen LogP contribution in [-0.4, -0.2) is 9.91 Å². The van der Waals surface area contributed by atoms with E-state index >= 15 is 0 Å². The van der Waals surface area contributed by atoms with Crippen LogP contribution < -0.4 is 0 Å². The van der Waals surface area contributed by atoms with Gasteiger partial charge in [-0.05, 0) is 24.3 Å². The first kappa shape index (κ1) is 13.4. The van der Waals surface area contributed by atoms with E-state index in [0.717, 1.165) is 11.3 Å². The molecule has 0 aliphatic carbocycles. The molecule has 21 heavy (non-hydrogen) atoms. The van der Waals surface area contributed by atoms with Gasteiger partial charge in [-0.2, -0.15) is 0 Å². The quantitative estimate of drug-likeness (QED) is 0.527. The van der Waals surface area contributed by atoms with E-state index in [9.17, 15) is 14.5 Å². The topological polar surface area (TPSA) is 56.0 Å². The number of thiazole rings is 1. The minimum absolute atomic E-state index is 0.0334. The zero-order chi connectivity index (χ0) is 14.8. The minimum Gasteiger partial charge on any atom is -0.258 e. The molecule has 6 heteroatoms. The monoisotopic (exact) mass is 300 g/mol. The molecular weight excluding hydrogens is 291 g/mol. The molecule has 0 N–H and O–H groups in total.